The van der Waals surface area contributed by atoms with E-state index in [-0.39, 0.29) is 10.6 Å². The summed E-state index contributed by atoms with van der Waals surface area (Å²) < 4.78 is 29.5. The van der Waals surface area contributed by atoms with Gasteiger partial charge in [-0.2, -0.15) is 5.10 Å². The Morgan fingerprint density at radius 2 is 1.75 bits per heavy atom. The fraction of sp³-hybridized carbons (Fsp3) is 0.217. The maximum atomic E-state index is 12.6. The Kier molecular flexibility index (Phi) is 7.71. The van der Waals surface area contributed by atoms with Crippen molar-refractivity contribution in [2.75, 3.05) is 10.0 Å². The topological polar surface area (TPSA) is 93.1 Å². The van der Waals surface area contributed by atoms with Crippen molar-refractivity contribution in [2.45, 2.75) is 38.1 Å². The van der Waals surface area contributed by atoms with Crippen LogP contribution in [0.2, 0.25) is 5.15 Å². The number of unbranched alkanes of at least 4 members (excludes halogenated alkanes) is 1. The lowest BCUT2D eigenvalue weighted by molar-refractivity contribution is -0.111. The van der Waals surface area contributed by atoms with Gasteiger partial charge in [-0.25, -0.2) is 8.42 Å². The number of nitrogens with zero attached hydrogens (tertiary/aromatic N) is 2. The summed E-state index contributed by atoms with van der Waals surface area (Å²) in [5.41, 5.74) is 2.00. The summed E-state index contributed by atoms with van der Waals surface area (Å²) in [7, 11) is -3.79. The van der Waals surface area contributed by atoms with E-state index in [9.17, 15) is 13.2 Å². The minimum absolute atomic E-state index is 0.131. The molecular weight excluding hydrogens is 448 g/mol. The molecule has 0 saturated heterocycles. The summed E-state index contributed by atoms with van der Waals surface area (Å²) in [5, 5.41) is 7.61. The van der Waals surface area contributed by atoms with Crippen LogP contribution in [0.25, 0.3) is 6.08 Å². The van der Waals surface area contributed by atoms with Crippen LogP contribution in [0.5, 0.6) is 0 Å². The number of aromatic nitrogens is 2. The van der Waals surface area contributed by atoms with Crippen molar-refractivity contribution in [2.24, 2.45) is 0 Å². The molecule has 32 heavy (non-hydrogen) atoms. The summed E-state index contributed by atoms with van der Waals surface area (Å²) in [5.74, 6) is -0.423. The molecule has 168 valence electrons. The normalized spacial score (nSPS) is 11.6. The summed E-state index contributed by atoms with van der Waals surface area (Å²) in [6, 6.07) is 14.6. The summed E-state index contributed by atoms with van der Waals surface area (Å²) in [4.78, 5) is 12.7. The minimum atomic E-state index is -3.79. The average molecular weight is 473 g/mol. The van der Waals surface area contributed by atoms with Gasteiger partial charge in [0.25, 0.3) is 10.0 Å². The molecule has 3 rings (SSSR count). The molecule has 7 nitrogen and oxygen atoms in total. The summed E-state index contributed by atoms with van der Waals surface area (Å²) >= 11 is 6.41. The minimum Gasteiger partial charge on any atom is -0.321 e. The molecule has 3 aromatic rings. The van der Waals surface area contributed by atoms with Gasteiger partial charge < -0.3 is 5.32 Å². The predicted molar refractivity (Wildman–Crippen MR) is 128 cm³/mol. The van der Waals surface area contributed by atoms with Gasteiger partial charge in [0.2, 0.25) is 5.91 Å². The molecule has 0 bridgehead atoms. The van der Waals surface area contributed by atoms with Gasteiger partial charge >= 0.3 is 0 Å². The molecule has 0 radical (unpaired) electrons. The SMILES string of the molecule is CCCCn1nc(C)c(C=CC(=O)Nc2ccccc2NS(=O)(=O)c2ccccc2)c1Cl. The van der Waals surface area contributed by atoms with Crippen molar-refractivity contribution in [3.63, 3.8) is 0 Å². The first-order chi connectivity index (χ1) is 15.3. The van der Waals surface area contributed by atoms with Crippen molar-refractivity contribution in [1.82, 2.24) is 9.78 Å². The highest BCUT2D eigenvalue weighted by Gasteiger charge is 2.16. The van der Waals surface area contributed by atoms with Gasteiger partial charge in [-0.1, -0.05) is 55.3 Å². The lowest BCUT2D eigenvalue weighted by atomic mass is 10.2. The number of benzene rings is 2. The molecule has 0 fully saturated rings. The van der Waals surface area contributed by atoms with E-state index in [1.54, 1.807) is 53.2 Å². The molecular formula is C23H25ClN4O3S. The number of carbonyl (C=O) groups excluding carboxylic acids is 1. The Hall–Kier alpha value is -3.10. The van der Waals surface area contributed by atoms with Crippen LogP contribution in [-0.4, -0.2) is 24.1 Å². The molecule has 0 spiro atoms. The van der Waals surface area contributed by atoms with Crippen LogP contribution in [0.3, 0.4) is 0 Å². The fourth-order valence-electron chi connectivity index (χ4n) is 3.03. The molecule has 2 N–H and O–H groups in total. The molecule has 2 aromatic carbocycles. The first-order valence-corrected chi connectivity index (χ1v) is 12.1. The van der Waals surface area contributed by atoms with Crippen LogP contribution in [-0.2, 0) is 21.4 Å². The Bertz CT molecular complexity index is 1220. The number of halogens is 1. The number of sulfonamides is 1. The van der Waals surface area contributed by atoms with E-state index in [4.69, 9.17) is 11.6 Å². The van der Waals surface area contributed by atoms with Crippen molar-refractivity contribution in [1.29, 1.82) is 0 Å². The number of rotatable bonds is 9. The number of hydrogen-bond donors (Lipinski definition) is 2. The summed E-state index contributed by atoms with van der Waals surface area (Å²) in [6.07, 6.45) is 4.94. The molecule has 0 saturated carbocycles. The Labute approximate surface area is 193 Å². The van der Waals surface area contributed by atoms with Crippen LogP contribution >= 0.6 is 11.6 Å². The van der Waals surface area contributed by atoms with Crippen LogP contribution < -0.4 is 10.0 Å². The smallest absolute Gasteiger partial charge is 0.261 e. The third-order valence-corrected chi connectivity index (χ3v) is 6.50. The highest BCUT2D eigenvalue weighted by Crippen LogP contribution is 2.25. The van der Waals surface area contributed by atoms with E-state index in [1.165, 1.54) is 18.2 Å². The molecule has 1 aromatic heterocycles. The van der Waals surface area contributed by atoms with Gasteiger partial charge in [0, 0.05) is 18.2 Å². The van der Waals surface area contributed by atoms with Crippen LogP contribution in [0.15, 0.2) is 65.6 Å². The number of para-hydroxylation sites is 2. The fourth-order valence-corrected chi connectivity index (χ4v) is 4.45. The molecule has 1 amide bonds. The molecule has 0 aliphatic heterocycles. The second-order valence-corrected chi connectivity index (χ2v) is 9.19. The molecule has 0 atom stereocenters. The number of aryl methyl sites for hydroxylation is 2. The Morgan fingerprint density at radius 3 is 2.44 bits per heavy atom. The number of carbonyl (C=O) groups is 1. The Balaban J connectivity index is 1.75. The van der Waals surface area contributed by atoms with Crippen LogP contribution in [0, 0.1) is 6.92 Å². The van der Waals surface area contributed by atoms with Crippen molar-refractivity contribution in [3.05, 3.63) is 77.1 Å². The predicted octanol–water partition coefficient (Wildman–Crippen LogP) is 5.10. The highest BCUT2D eigenvalue weighted by atomic mass is 35.5. The number of anilines is 2. The molecule has 0 unspecified atom stereocenters. The first-order valence-electron chi connectivity index (χ1n) is 10.2. The monoisotopic (exact) mass is 472 g/mol. The second kappa shape index (κ2) is 10.5. The number of amides is 1. The van der Waals surface area contributed by atoms with Crippen LogP contribution in [0.4, 0.5) is 11.4 Å². The van der Waals surface area contributed by atoms with Crippen molar-refractivity contribution in [3.8, 4) is 0 Å². The zero-order valence-electron chi connectivity index (χ0n) is 17.9. The standard InChI is InChI=1S/C23H25ClN4O3S/c1-3-4-16-28-23(24)19(17(2)26-28)14-15-22(29)25-20-12-8-9-13-21(20)27-32(30,31)18-10-6-5-7-11-18/h5-15,27H,3-4,16H2,1-2H3,(H,25,29). The lowest BCUT2D eigenvalue weighted by Gasteiger charge is -2.12. The number of hydrogen-bond acceptors (Lipinski definition) is 4. The quantitative estimate of drug-likeness (QED) is 0.424. The van der Waals surface area contributed by atoms with E-state index < -0.39 is 15.9 Å². The van der Waals surface area contributed by atoms with E-state index in [0.717, 1.165) is 18.5 Å². The van der Waals surface area contributed by atoms with Gasteiger partial charge in [0.05, 0.1) is 22.0 Å². The highest BCUT2D eigenvalue weighted by molar-refractivity contribution is 7.92. The van der Waals surface area contributed by atoms with E-state index >= 15 is 0 Å². The van der Waals surface area contributed by atoms with Gasteiger partial charge in [0.15, 0.2) is 0 Å². The maximum absolute atomic E-state index is 12.6. The van der Waals surface area contributed by atoms with Gasteiger partial charge in [-0.3, -0.25) is 14.2 Å². The van der Waals surface area contributed by atoms with Gasteiger partial charge in [-0.05, 0) is 43.7 Å². The van der Waals surface area contributed by atoms with Gasteiger partial charge in [-0.15, -0.1) is 0 Å². The third kappa shape index (κ3) is 5.77. The van der Waals surface area contributed by atoms with E-state index in [1.807, 2.05) is 6.92 Å². The zero-order chi connectivity index (χ0) is 23.1. The molecule has 0 aliphatic rings. The maximum Gasteiger partial charge on any atom is 0.261 e. The lowest BCUT2D eigenvalue weighted by Crippen LogP contribution is -2.16. The molecule has 0 aliphatic carbocycles. The van der Waals surface area contributed by atoms with Crippen molar-refractivity contribution < 1.29 is 13.2 Å². The average Bonchev–Trinajstić information content (AvgIpc) is 3.05. The van der Waals surface area contributed by atoms with E-state index in [0.29, 0.717) is 22.9 Å². The van der Waals surface area contributed by atoms with Crippen LogP contribution in [0.1, 0.15) is 31.0 Å². The molecule has 9 heteroatoms. The Morgan fingerprint density at radius 1 is 1.09 bits per heavy atom. The second-order valence-electron chi connectivity index (χ2n) is 7.15. The summed E-state index contributed by atoms with van der Waals surface area (Å²) in [6.45, 7) is 4.64. The van der Waals surface area contributed by atoms with Crippen molar-refractivity contribution >= 4 is 45.0 Å². The van der Waals surface area contributed by atoms with E-state index in [2.05, 4.69) is 22.1 Å². The molecule has 1 heterocycles. The largest absolute Gasteiger partial charge is 0.321 e. The van der Waals surface area contributed by atoms with Gasteiger partial charge in [0.1, 0.15) is 5.15 Å². The number of nitrogens with one attached hydrogen (secondary N) is 2. The zero-order valence-corrected chi connectivity index (χ0v) is 19.4. The first kappa shape index (κ1) is 23.6. The third-order valence-electron chi connectivity index (χ3n) is 4.72.